The number of aromatic hydroxyl groups is 1. The van der Waals surface area contributed by atoms with Gasteiger partial charge in [-0.15, -0.1) is 0 Å². The summed E-state index contributed by atoms with van der Waals surface area (Å²) < 4.78 is 0. The Kier molecular flexibility index (Phi) is 22.9. The molecule has 0 saturated carbocycles. The van der Waals surface area contributed by atoms with E-state index >= 15 is 0 Å². The Morgan fingerprint density at radius 1 is 0.427 bits per heavy atom. The van der Waals surface area contributed by atoms with Crippen LogP contribution in [0.4, 0.5) is 28.4 Å². The van der Waals surface area contributed by atoms with Gasteiger partial charge in [0.2, 0.25) is 29.5 Å². The van der Waals surface area contributed by atoms with Gasteiger partial charge in [-0.05, 0) is 158 Å². The molecule has 75 heavy (non-hydrogen) atoms. The van der Waals surface area contributed by atoms with Crippen LogP contribution in [-0.4, -0.2) is 58.1 Å². The summed E-state index contributed by atoms with van der Waals surface area (Å²) in [4.78, 5) is 55.9. The van der Waals surface area contributed by atoms with Crippen molar-refractivity contribution < 1.29 is 39.3 Å². The van der Waals surface area contributed by atoms with Crippen molar-refractivity contribution in [2.75, 3.05) is 39.8 Å². The second-order valence-electron chi connectivity index (χ2n) is 19.6. The molecule has 0 radical (unpaired) electrons. The summed E-state index contributed by atoms with van der Waals surface area (Å²) in [5.41, 5.74) is 15.4. The standard InChI is InChI=1S/C15H21NO.C14H19NO2.C14H15NO2.C10H11NO.C9H9NO2/c1-2-3-4-5-6-12-7-8-13-9-10-15(17)16-14(13)11-12;2*16-9-3-1-2-4-11-5-6-12-7-8-14(17)15-13(12)10-11;1-7-2-3-8-4-5-10(12)11-9(8)6-7;11-7-3-1-6-2-4-9(12)10-8(6)5-7/h7-8,11H,2-6,9-10H2,1H3,(H,16,17);5-6,10,16H,1-4,7-9H2,(H,15,17);5-6,10,16H,1,3,7-9H2,(H,15,17);2-3,6H,4-5H2,1H3,(H,11,12);1,3,5,11H,2,4H2,(H,10,12). The lowest BCUT2D eigenvalue weighted by Crippen LogP contribution is -2.19. The molecule has 13 nitrogen and oxygen atoms in total. The summed E-state index contributed by atoms with van der Waals surface area (Å²) in [6, 6.07) is 30.0. The van der Waals surface area contributed by atoms with Crippen LogP contribution in [0.1, 0.15) is 147 Å². The zero-order chi connectivity index (χ0) is 53.4. The number of phenolic OH excluding ortho intramolecular Hbond substituents is 1. The number of phenols is 1. The van der Waals surface area contributed by atoms with Gasteiger partial charge in [0, 0.05) is 91.8 Å². The summed E-state index contributed by atoms with van der Waals surface area (Å²) >= 11 is 0. The van der Waals surface area contributed by atoms with E-state index in [1.54, 1.807) is 12.1 Å². The highest BCUT2D eigenvalue weighted by Crippen LogP contribution is 2.29. The molecule has 10 rings (SSSR count). The molecule has 13 heteroatoms. The van der Waals surface area contributed by atoms with Crippen molar-refractivity contribution in [3.63, 3.8) is 0 Å². The average molecular weight is 1020 g/mol. The number of aliphatic hydroxyl groups excluding tert-OH is 2. The van der Waals surface area contributed by atoms with Crippen molar-refractivity contribution in [3.05, 3.63) is 141 Å². The lowest BCUT2D eigenvalue weighted by molar-refractivity contribution is -0.117. The van der Waals surface area contributed by atoms with Crippen LogP contribution in [0.3, 0.4) is 0 Å². The number of amides is 5. The number of carbonyl (C=O) groups is 5. The van der Waals surface area contributed by atoms with Gasteiger partial charge in [0.15, 0.2) is 0 Å². The van der Waals surface area contributed by atoms with Gasteiger partial charge in [-0.1, -0.05) is 93.0 Å². The lowest BCUT2D eigenvalue weighted by atomic mass is 9.98. The molecule has 5 amide bonds. The molecule has 0 bridgehead atoms. The van der Waals surface area contributed by atoms with Crippen molar-refractivity contribution in [1.29, 1.82) is 0 Å². The summed E-state index contributed by atoms with van der Waals surface area (Å²) in [6.07, 6.45) is 18.9. The van der Waals surface area contributed by atoms with Crippen LogP contribution in [-0.2, 0) is 68.9 Å². The van der Waals surface area contributed by atoms with Gasteiger partial charge in [0.1, 0.15) is 5.75 Å². The first kappa shape index (κ1) is 57.0. The molecular formula is C62H75N5O8. The molecule has 5 aromatic carbocycles. The molecule has 0 saturated heterocycles. The van der Waals surface area contributed by atoms with Crippen LogP contribution in [0.15, 0.2) is 91.0 Å². The molecule has 0 atom stereocenters. The molecule has 8 N–H and O–H groups in total. The maximum Gasteiger partial charge on any atom is 0.224 e. The lowest BCUT2D eigenvalue weighted by Gasteiger charge is -2.17. The van der Waals surface area contributed by atoms with Gasteiger partial charge in [-0.25, -0.2) is 0 Å². The van der Waals surface area contributed by atoms with Crippen LogP contribution >= 0.6 is 0 Å². The Morgan fingerprint density at radius 2 is 0.827 bits per heavy atom. The highest BCUT2D eigenvalue weighted by molar-refractivity contribution is 5.96. The van der Waals surface area contributed by atoms with E-state index < -0.39 is 0 Å². The number of rotatable bonds is 12. The predicted molar refractivity (Wildman–Crippen MR) is 299 cm³/mol. The Balaban J connectivity index is 0.000000154. The minimum Gasteiger partial charge on any atom is -0.508 e. The minimum atomic E-state index is 0.0214. The zero-order valence-electron chi connectivity index (χ0n) is 43.8. The van der Waals surface area contributed by atoms with Gasteiger partial charge in [0.05, 0.1) is 0 Å². The Labute approximate surface area is 442 Å². The molecule has 0 fully saturated rings. The summed E-state index contributed by atoms with van der Waals surface area (Å²) in [7, 11) is 0. The van der Waals surface area contributed by atoms with Gasteiger partial charge in [-0.2, -0.15) is 0 Å². The van der Waals surface area contributed by atoms with E-state index in [-0.39, 0.29) is 48.5 Å². The molecule has 0 aliphatic carbocycles. The van der Waals surface area contributed by atoms with Crippen molar-refractivity contribution in [3.8, 4) is 17.6 Å². The maximum atomic E-state index is 11.3. The smallest absolute Gasteiger partial charge is 0.224 e. The number of unbranched alkanes of at least 4 members (excludes halogenated alkanes) is 6. The normalized spacial score (nSPS) is 14.4. The fourth-order valence-corrected chi connectivity index (χ4v) is 9.15. The molecule has 5 heterocycles. The van der Waals surface area contributed by atoms with Crippen molar-refractivity contribution in [2.45, 2.75) is 149 Å². The number of nitrogens with one attached hydrogen (secondary N) is 5. The van der Waals surface area contributed by atoms with Crippen LogP contribution in [0, 0.1) is 18.8 Å². The van der Waals surface area contributed by atoms with E-state index in [0.717, 1.165) is 104 Å². The fourth-order valence-electron chi connectivity index (χ4n) is 9.15. The number of fused-ring (bicyclic) bond motifs is 5. The van der Waals surface area contributed by atoms with Crippen LogP contribution < -0.4 is 26.6 Å². The minimum absolute atomic E-state index is 0.0214. The van der Waals surface area contributed by atoms with E-state index in [1.165, 1.54) is 64.6 Å². The highest BCUT2D eigenvalue weighted by Gasteiger charge is 2.18. The third kappa shape index (κ3) is 19.2. The van der Waals surface area contributed by atoms with Gasteiger partial charge in [0.25, 0.3) is 0 Å². The quantitative estimate of drug-likeness (QED) is 0.0445. The van der Waals surface area contributed by atoms with Crippen LogP contribution in [0.2, 0.25) is 0 Å². The van der Waals surface area contributed by atoms with Gasteiger partial charge < -0.3 is 41.9 Å². The molecule has 0 aromatic heterocycles. The molecular weight excluding hydrogens is 943 g/mol. The number of aliphatic hydroxyl groups is 2. The number of hydrogen-bond acceptors (Lipinski definition) is 8. The zero-order valence-corrected chi connectivity index (χ0v) is 43.8. The molecule has 0 spiro atoms. The molecule has 5 aliphatic rings. The number of aryl methyl sites for hydroxylation is 8. The average Bonchev–Trinajstić information content (AvgIpc) is 3.40. The van der Waals surface area contributed by atoms with Crippen molar-refractivity contribution in [1.82, 2.24) is 0 Å². The number of anilines is 5. The van der Waals surface area contributed by atoms with E-state index in [9.17, 15) is 24.0 Å². The summed E-state index contributed by atoms with van der Waals surface area (Å²) in [5.74, 6) is 6.72. The maximum absolute atomic E-state index is 11.3. The highest BCUT2D eigenvalue weighted by atomic mass is 16.3. The number of carbonyl (C=O) groups excluding carboxylic acids is 5. The first-order chi connectivity index (χ1) is 36.4. The van der Waals surface area contributed by atoms with E-state index in [2.05, 4.69) is 93.9 Å². The SMILES string of the molecule is CCCCCCc1ccc2c(c1)NC(=O)CC2.Cc1ccc2c(c1)NC(=O)CC2.O=C1CCc2ccc(C#CCCCO)cc2N1.O=C1CCc2ccc(CCCCCO)cc2N1.O=C1CCc2ccc(O)cc2N1. The van der Waals surface area contributed by atoms with Crippen LogP contribution in [0.25, 0.3) is 0 Å². The van der Waals surface area contributed by atoms with Crippen LogP contribution in [0.5, 0.6) is 5.75 Å². The largest absolute Gasteiger partial charge is 0.508 e. The number of hydrogen-bond donors (Lipinski definition) is 8. The molecule has 5 aliphatic heterocycles. The first-order valence-corrected chi connectivity index (χ1v) is 26.9. The Morgan fingerprint density at radius 3 is 1.29 bits per heavy atom. The molecule has 0 unspecified atom stereocenters. The van der Waals surface area contributed by atoms with Gasteiger partial charge in [-0.3, -0.25) is 24.0 Å². The van der Waals surface area contributed by atoms with Crippen molar-refractivity contribution >= 4 is 58.0 Å². The van der Waals surface area contributed by atoms with E-state index in [4.69, 9.17) is 15.3 Å². The summed E-state index contributed by atoms with van der Waals surface area (Å²) in [6.45, 7) is 4.71. The monoisotopic (exact) mass is 1020 g/mol. The van der Waals surface area contributed by atoms with E-state index in [1.807, 2.05) is 37.3 Å². The van der Waals surface area contributed by atoms with E-state index in [0.29, 0.717) is 44.9 Å². The summed E-state index contributed by atoms with van der Waals surface area (Å²) in [5, 5.41) is 40.8. The van der Waals surface area contributed by atoms with Gasteiger partial charge >= 0.3 is 0 Å². The molecule has 396 valence electrons. The Bertz CT molecular complexity index is 2680. The fraction of sp³-hybridized carbons (Fsp3) is 0.403. The third-order valence-corrected chi connectivity index (χ3v) is 13.4. The first-order valence-electron chi connectivity index (χ1n) is 26.9. The third-order valence-electron chi connectivity index (χ3n) is 13.4. The Hall–Kier alpha value is -7.27. The second-order valence-corrected chi connectivity index (χ2v) is 19.6. The predicted octanol–water partition coefficient (Wildman–Crippen LogP) is 10.8. The van der Waals surface area contributed by atoms with Crippen molar-refractivity contribution in [2.24, 2.45) is 0 Å². The molecule has 5 aromatic rings. The second kappa shape index (κ2) is 30.2. The topological polar surface area (TPSA) is 206 Å². The number of benzene rings is 5.